The molecule has 0 saturated heterocycles. The first kappa shape index (κ1) is 28.8. The average molecular weight is 470 g/mol. The van der Waals surface area contributed by atoms with Crippen LogP contribution >= 0.6 is 8.38 Å². The van der Waals surface area contributed by atoms with Crippen LogP contribution < -0.4 is 4.52 Å². The highest BCUT2D eigenvalue weighted by Crippen LogP contribution is 2.46. The fourth-order valence-corrected chi connectivity index (χ4v) is 4.08. The van der Waals surface area contributed by atoms with Gasteiger partial charge in [-0.25, -0.2) is 0 Å². The van der Waals surface area contributed by atoms with Gasteiger partial charge in [0.25, 0.3) is 0 Å². The largest absolute Gasteiger partial charge is 0.469 e. The minimum atomic E-state index is -1.09. The second-order valence-electron chi connectivity index (χ2n) is 10.3. The molecule has 0 fully saturated rings. The third-order valence-corrected chi connectivity index (χ3v) is 6.24. The molecule has 0 spiro atoms. The monoisotopic (exact) mass is 469 g/mol. The van der Waals surface area contributed by atoms with Gasteiger partial charge in [0.15, 0.2) is 0 Å². The highest BCUT2D eigenvalue weighted by Gasteiger charge is 2.29. The zero-order chi connectivity index (χ0) is 24.5. The van der Waals surface area contributed by atoms with E-state index >= 15 is 0 Å². The van der Waals surface area contributed by atoms with E-state index in [1.54, 1.807) is 7.11 Å². The molecular weight excluding hydrogens is 425 g/mol. The Kier molecular flexibility index (Phi) is 11.6. The van der Waals surface area contributed by atoms with Gasteiger partial charge in [-0.3, -0.25) is 4.79 Å². The van der Waals surface area contributed by atoms with Crippen LogP contribution in [-0.4, -0.2) is 65.1 Å². The maximum Gasteiger partial charge on any atom is 0.305 e. The number of ether oxygens (including phenoxy) is 2. The molecular formula is C25H44NO5P. The van der Waals surface area contributed by atoms with Crippen molar-refractivity contribution in [1.82, 2.24) is 4.90 Å². The molecule has 1 aromatic rings. The standard InChI is InChI=1S/C25H44NO5P/c1-24(2,3)20-17-19(11-12-22(27)29-9)18-21(25(4,5)6)23(20)31-32(10)30-16-14-26(7)13-15-28-8/h17-18H,11-16H2,1-10H3. The van der Waals surface area contributed by atoms with Gasteiger partial charge in [-0.15, -0.1) is 0 Å². The summed E-state index contributed by atoms with van der Waals surface area (Å²) < 4.78 is 22.5. The molecule has 1 aromatic carbocycles. The van der Waals surface area contributed by atoms with Gasteiger partial charge in [-0.2, -0.15) is 0 Å². The molecule has 1 unspecified atom stereocenters. The lowest BCUT2D eigenvalue weighted by Crippen LogP contribution is -2.26. The summed E-state index contributed by atoms with van der Waals surface area (Å²) in [6.07, 6.45) is 1.01. The number of aryl methyl sites for hydroxylation is 1. The quantitative estimate of drug-likeness (QED) is 0.306. The van der Waals surface area contributed by atoms with Crippen molar-refractivity contribution in [2.75, 3.05) is 54.2 Å². The summed E-state index contributed by atoms with van der Waals surface area (Å²) in [6.45, 7) is 18.2. The second-order valence-corrected chi connectivity index (χ2v) is 11.6. The summed E-state index contributed by atoms with van der Waals surface area (Å²) in [5.74, 6) is 0.717. The molecule has 0 aromatic heterocycles. The van der Waals surface area contributed by atoms with E-state index < -0.39 is 8.38 Å². The van der Waals surface area contributed by atoms with Crippen molar-refractivity contribution in [3.63, 3.8) is 0 Å². The number of carbonyl (C=O) groups is 1. The number of benzene rings is 1. The molecule has 184 valence electrons. The first-order valence-electron chi connectivity index (χ1n) is 11.3. The normalized spacial score (nSPS) is 13.3. The van der Waals surface area contributed by atoms with Crippen LogP contribution in [-0.2, 0) is 36.0 Å². The molecule has 0 saturated carbocycles. The van der Waals surface area contributed by atoms with Gasteiger partial charge in [0.2, 0.25) is 8.38 Å². The van der Waals surface area contributed by atoms with Gasteiger partial charge < -0.3 is 23.4 Å². The molecule has 32 heavy (non-hydrogen) atoms. The molecule has 1 atom stereocenters. The zero-order valence-corrected chi connectivity index (χ0v) is 22.7. The smallest absolute Gasteiger partial charge is 0.305 e. The average Bonchev–Trinajstić information content (AvgIpc) is 2.69. The predicted octanol–water partition coefficient (Wildman–Crippen LogP) is 5.30. The summed E-state index contributed by atoms with van der Waals surface area (Å²) in [5.41, 5.74) is 3.17. The van der Waals surface area contributed by atoms with Crippen LogP contribution in [0.5, 0.6) is 5.75 Å². The molecule has 0 aliphatic rings. The van der Waals surface area contributed by atoms with Crippen LogP contribution in [0, 0.1) is 0 Å². The first-order valence-corrected chi connectivity index (χ1v) is 12.9. The molecule has 0 radical (unpaired) electrons. The third-order valence-electron chi connectivity index (χ3n) is 5.25. The lowest BCUT2D eigenvalue weighted by atomic mass is 9.78. The SMILES string of the molecule is COCCN(C)CCOP(C)Oc1c(C(C)(C)C)cc(CCC(=O)OC)cc1C(C)(C)C. The molecule has 1 rings (SSSR count). The number of likely N-dealkylation sites (N-methyl/N-ethyl adjacent to an activating group) is 1. The van der Waals surface area contributed by atoms with Gasteiger partial charge >= 0.3 is 5.97 Å². The molecule has 0 N–H and O–H groups in total. The Morgan fingerprint density at radius 1 is 0.969 bits per heavy atom. The minimum absolute atomic E-state index is 0.118. The summed E-state index contributed by atoms with van der Waals surface area (Å²) in [7, 11) is 4.11. The molecule has 0 aliphatic heterocycles. The Hall–Kier alpha value is -1.20. The summed E-state index contributed by atoms with van der Waals surface area (Å²) >= 11 is 0. The number of rotatable bonds is 12. The lowest BCUT2D eigenvalue weighted by Gasteiger charge is -2.31. The fraction of sp³-hybridized carbons (Fsp3) is 0.720. The molecule has 0 amide bonds. The van der Waals surface area contributed by atoms with Crippen molar-refractivity contribution in [3.05, 3.63) is 28.8 Å². The molecule has 0 aliphatic carbocycles. The third kappa shape index (κ3) is 9.74. The van der Waals surface area contributed by atoms with Crippen LogP contribution in [0.3, 0.4) is 0 Å². The van der Waals surface area contributed by atoms with E-state index in [-0.39, 0.29) is 16.8 Å². The van der Waals surface area contributed by atoms with Gasteiger partial charge in [0.1, 0.15) is 5.75 Å². The summed E-state index contributed by atoms with van der Waals surface area (Å²) in [6, 6.07) is 4.35. The van der Waals surface area contributed by atoms with E-state index in [0.29, 0.717) is 26.1 Å². The zero-order valence-electron chi connectivity index (χ0n) is 21.8. The Morgan fingerprint density at radius 2 is 1.50 bits per heavy atom. The van der Waals surface area contributed by atoms with Crippen molar-refractivity contribution in [2.24, 2.45) is 0 Å². The van der Waals surface area contributed by atoms with Crippen LogP contribution in [0.25, 0.3) is 0 Å². The van der Waals surface area contributed by atoms with Crippen molar-refractivity contribution in [3.8, 4) is 5.75 Å². The Balaban J connectivity index is 3.12. The van der Waals surface area contributed by atoms with E-state index in [1.807, 2.05) is 6.66 Å². The van der Waals surface area contributed by atoms with Crippen LogP contribution in [0.4, 0.5) is 0 Å². The maximum absolute atomic E-state index is 11.7. The number of carbonyl (C=O) groups excluding carboxylic acids is 1. The lowest BCUT2D eigenvalue weighted by molar-refractivity contribution is -0.140. The van der Waals surface area contributed by atoms with Crippen molar-refractivity contribution < 1.29 is 23.3 Å². The number of esters is 1. The van der Waals surface area contributed by atoms with Crippen molar-refractivity contribution in [1.29, 1.82) is 0 Å². The highest BCUT2D eigenvalue weighted by molar-refractivity contribution is 7.46. The molecule has 0 heterocycles. The van der Waals surface area contributed by atoms with Gasteiger partial charge in [-0.1, -0.05) is 53.7 Å². The van der Waals surface area contributed by atoms with Crippen molar-refractivity contribution in [2.45, 2.75) is 65.2 Å². The van der Waals surface area contributed by atoms with Crippen LogP contribution in [0.15, 0.2) is 12.1 Å². The summed E-state index contributed by atoms with van der Waals surface area (Å²) in [4.78, 5) is 13.9. The van der Waals surface area contributed by atoms with E-state index in [0.717, 1.165) is 35.5 Å². The molecule has 0 bridgehead atoms. The Morgan fingerprint density at radius 3 is 1.97 bits per heavy atom. The van der Waals surface area contributed by atoms with Gasteiger partial charge in [0.05, 0.1) is 20.3 Å². The highest BCUT2D eigenvalue weighted by atomic mass is 31.2. The van der Waals surface area contributed by atoms with Crippen molar-refractivity contribution >= 4 is 14.3 Å². The minimum Gasteiger partial charge on any atom is -0.469 e. The Bertz CT molecular complexity index is 689. The Labute approximate surface area is 196 Å². The molecule has 6 nitrogen and oxygen atoms in total. The van der Waals surface area contributed by atoms with Gasteiger partial charge in [-0.05, 0) is 29.9 Å². The number of nitrogens with zero attached hydrogens (tertiary/aromatic N) is 1. The second kappa shape index (κ2) is 12.9. The predicted molar refractivity (Wildman–Crippen MR) is 133 cm³/mol. The number of methoxy groups -OCH3 is 2. The number of hydrogen-bond acceptors (Lipinski definition) is 6. The molecule has 7 heteroatoms. The first-order chi connectivity index (χ1) is 14.8. The fourth-order valence-electron chi connectivity index (χ4n) is 3.23. The van der Waals surface area contributed by atoms with E-state index in [4.69, 9.17) is 18.5 Å². The topological polar surface area (TPSA) is 57.2 Å². The number of hydrogen-bond donors (Lipinski definition) is 0. The van der Waals surface area contributed by atoms with E-state index in [9.17, 15) is 4.79 Å². The maximum atomic E-state index is 11.7. The van der Waals surface area contributed by atoms with E-state index in [2.05, 4.69) is 65.6 Å². The van der Waals surface area contributed by atoms with Crippen LogP contribution in [0.2, 0.25) is 0 Å². The summed E-state index contributed by atoms with van der Waals surface area (Å²) in [5, 5.41) is 0. The van der Waals surface area contributed by atoms with Gasteiger partial charge in [0, 0.05) is 44.4 Å². The van der Waals surface area contributed by atoms with E-state index in [1.165, 1.54) is 7.11 Å². The van der Waals surface area contributed by atoms with Crippen LogP contribution in [0.1, 0.15) is 64.7 Å².